The highest BCUT2D eigenvalue weighted by atomic mass is 35.5. The highest BCUT2D eigenvalue weighted by molar-refractivity contribution is 6.30. The zero-order chi connectivity index (χ0) is 19.5. The Bertz CT molecular complexity index is 1020. The monoisotopic (exact) mass is 396 g/mol. The summed E-state index contributed by atoms with van der Waals surface area (Å²) in [6.07, 6.45) is 5.83. The smallest absolute Gasteiger partial charge is 0.354 e. The molecule has 3 aromatic rings. The van der Waals surface area contributed by atoms with Crippen molar-refractivity contribution in [2.75, 3.05) is 6.54 Å². The minimum absolute atomic E-state index is 0.312. The van der Waals surface area contributed by atoms with Crippen molar-refractivity contribution in [1.29, 1.82) is 0 Å². The highest BCUT2D eigenvalue weighted by Crippen LogP contribution is 2.34. The third-order valence-electron chi connectivity index (χ3n) is 5.00. The Kier molecular flexibility index (Phi) is 5.41. The van der Waals surface area contributed by atoms with Crippen molar-refractivity contribution in [2.24, 2.45) is 0 Å². The van der Waals surface area contributed by atoms with Crippen molar-refractivity contribution in [2.45, 2.75) is 32.4 Å². The predicted molar refractivity (Wildman–Crippen MR) is 108 cm³/mol. The van der Waals surface area contributed by atoms with Crippen LogP contribution in [0.2, 0.25) is 5.02 Å². The number of carboxylic acids is 1. The minimum Gasteiger partial charge on any atom is -0.477 e. The van der Waals surface area contributed by atoms with Crippen LogP contribution < -0.4 is 5.32 Å². The van der Waals surface area contributed by atoms with Crippen molar-refractivity contribution >= 4 is 17.6 Å². The van der Waals surface area contributed by atoms with Gasteiger partial charge in [-0.05, 0) is 55.1 Å². The van der Waals surface area contributed by atoms with Crippen LogP contribution in [0.15, 0.2) is 42.7 Å². The van der Waals surface area contributed by atoms with Crippen LogP contribution in [0.1, 0.15) is 33.6 Å². The Morgan fingerprint density at radius 1 is 1.29 bits per heavy atom. The second-order valence-electron chi connectivity index (χ2n) is 6.90. The zero-order valence-corrected chi connectivity index (χ0v) is 16.1. The van der Waals surface area contributed by atoms with Crippen molar-refractivity contribution in [1.82, 2.24) is 20.1 Å². The molecule has 0 unspecified atom stereocenters. The second-order valence-corrected chi connectivity index (χ2v) is 7.33. The van der Waals surface area contributed by atoms with E-state index in [1.54, 1.807) is 10.9 Å². The average molecular weight is 397 g/mol. The summed E-state index contributed by atoms with van der Waals surface area (Å²) in [4.78, 5) is 16.0. The average Bonchev–Trinajstić information content (AvgIpc) is 3.07. The number of hydrogen-bond donors (Lipinski definition) is 2. The van der Waals surface area contributed by atoms with Crippen LogP contribution in [-0.4, -0.2) is 32.4 Å². The summed E-state index contributed by atoms with van der Waals surface area (Å²) in [5.74, 6) is -0.918. The Labute approximate surface area is 168 Å². The lowest BCUT2D eigenvalue weighted by Crippen LogP contribution is -2.18. The van der Waals surface area contributed by atoms with Gasteiger partial charge in [0.2, 0.25) is 0 Å². The van der Waals surface area contributed by atoms with Crippen LogP contribution in [0.4, 0.5) is 0 Å². The van der Waals surface area contributed by atoms with Gasteiger partial charge in [0.05, 0.1) is 5.69 Å². The minimum atomic E-state index is -0.918. The molecular weight excluding hydrogens is 376 g/mol. The molecule has 0 spiro atoms. The number of carboxylic acid groups (broad SMARTS) is 1. The number of aromatic carboxylic acids is 1. The summed E-state index contributed by atoms with van der Waals surface area (Å²) >= 11 is 6.00. The van der Waals surface area contributed by atoms with Gasteiger partial charge in [0, 0.05) is 41.6 Å². The summed E-state index contributed by atoms with van der Waals surface area (Å²) in [5.41, 5.74) is 5.17. The molecule has 2 heterocycles. The summed E-state index contributed by atoms with van der Waals surface area (Å²) in [6, 6.07) is 9.66. The number of aromatic nitrogens is 3. The van der Waals surface area contributed by atoms with Gasteiger partial charge in [-0.1, -0.05) is 23.7 Å². The first-order valence-electron chi connectivity index (χ1n) is 9.35. The first-order chi connectivity index (χ1) is 13.6. The van der Waals surface area contributed by atoms with Crippen LogP contribution >= 0.6 is 11.6 Å². The van der Waals surface area contributed by atoms with E-state index in [0.29, 0.717) is 18.7 Å². The van der Waals surface area contributed by atoms with E-state index in [4.69, 9.17) is 11.6 Å². The number of hydrogen-bond acceptors (Lipinski definition) is 4. The van der Waals surface area contributed by atoms with Gasteiger partial charge in [-0.15, -0.1) is 0 Å². The molecule has 0 aliphatic heterocycles. The number of rotatable bonds is 7. The fourth-order valence-corrected chi connectivity index (χ4v) is 3.92. The van der Waals surface area contributed by atoms with Crippen molar-refractivity contribution in [3.8, 4) is 11.3 Å². The third kappa shape index (κ3) is 3.79. The number of nitrogens with zero attached hydrogens (tertiary/aromatic N) is 3. The largest absolute Gasteiger partial charge is 0.477 e. The molecule has 0 saturated carbocycles. The Balaban J connectivity index is 1.44. The molecule has 1 aliphatic rings. The molecule has 6 nitrogen and oxygen atoms in total. The molecule has 0 amide bonds. The Morgan fingerprint density at radius 2 is 2.18 bits per heavy atom. The van der Waals surface area contributed by atoms with Crippen LogP contribution in [-0.2, 0) is 25.9 Å². The highest BCUT2D eigenvalue weighted by Gasteiger charge is 2.27. The number of carbonyl (C=O) groups is 1. The van der Waals surface area contributed by atoms with E-state index in [1.165, 1.54) is 0 Å². The normalized spacial score (nSPS) is 12.5. The van der Waals surface area contributed by atoms with E-state index in [2.05, 4.69) is 15.4 Å². The number of pyridine rings is 1. The molecule has 0 saturated heterocycles. The third-order valence-corrected chi connectivity index (χ3v) is 5.23. The second kappa shape index (κ2) is 8.12. The number of nitrogens with one attached hydrogen (secondary N) is 1. The van der Waals surface area contributed by atoms with Gasteiger partial charge >= 0.3 is 5.97 Å². The fourth-order valence-electron chi connectivity index (χ4n) is 3.70. The summed E-state index contributed by atoms with van der Waals surface area (Å²) < 4.78 is 1.64. The number of aryl methyl sites for hydroxylation is 2. The molecule has 2 aromatic heterocycles. The molecule has 0 radical (unpaired) electrons. The predicted octanol–water partition coefficient (Wildman–Crippen LogP) is 3.58. The van der Waals surface area contributed by atoms with E-state index < -0.39 is 5.97 Å². The molecule has 1 aliphatic carbocycles. The van der Waals surface area contributed by atoms with E-state index in [-0.39, 0.29) is 0 Å². The molecule has 0 bridgehead atoms. The van der Waals surface area contributed by atoms with Crippen molar-refractivity contribution < 1.29 is 9.90 Å². The lowest BCUT2D eigenvalue weighted by molar-refractivity contribution is 0.0681. The Morgan fingerprint density at radius 3 is 3.00 bits per heavy atom. The maximum absolute atomic E-state index is 11.9. The molecule has 0 fully saturated rings. The van der Waals surface area contributed by atoms with E-state index >= 15 is 0 Å². The van der Waals surface area contributed by atoms with E-state index in [9.17, 15) is 9.90 Å². The molecule has 28 heavy (non-hydrogen) atoms. The van der Waals surface area contributed by atoms with Gasteiger partial charge in [-0.2, -0.15) is 5.10 Å². The molecule has 1 aromatic carbocycles. The van der Waals surface area contributed by atoms with Gasteiger partial charge in [-0.25, -0.2) is 4.79 Å². The van der Waals surface area contributed by atoms with Gasteiger partial charge in [0.15, 0.2) is 0 Å². The fraction of sp³-hybridized carbons (Fsp3) is 0.286. The first-order valence-corrected chi connectivity index (χ1v) is 9.72. The molecular formula is C21H21ClN4O2. The number of benzene rings is 1. The lowest BCUT2D eigenvalue weighted by atomic mass is 9.90. The lowest BCUT2D eigenvalue weighted by Gasteiger charge is -2.14. The Hall–Kier alpha value is -2.70. The summed E-state index contributed by atoms with van der Waals surface area (Å²) in [5, 5.41) is 18.5. The van der Waals surface area contributed by atoms with Crippen LogP contribution in [0.5, 0.6) is 0 Å². The van der Waals surface area contributed by atoms with E-state index in [1.807, 2.05) is 36.5 Å². The van der Waals surface area contributed by atoms with Crippen LogP contribution in [0, 0.1) is 0 Å². The zero-order valence-electron chi connectivity index (χ0n) is 15.4. The standard InChI is InChI=1S/C21H21ClN4O2/c22-16-4-1-3-14(11-16)12-23-8-2-10-26-20(21(27)28)18-6-5-15-13-24-9-7-17(15)19(18)25-26/h1,3-4,7,9,11,13,23H,2,5-6,8,10,12H2,(H,27,28). The molecule has 2 N–H and O–H groups in total. The molecule has 7 heteroatoms. The first kappa shape index (κ1) is 18.7. The topological polar surface area (TPSA) is 80.0 Å². The van der Waals surface area contributed by atoms with Gasteiger partial charge in [0.1, 0.15) is 5.69 Å². The van der Waals surface area contributed by atoms with Gasteiger partial charge < -0.3 is 10.4 Å². The SMILES string of the molecule is O=C(O)c1c2c(nn1CCCNCc1cccc(Cl)c1)-c1ccncc1CC2. The quantitative estimate of drug-likeness (QED) is 0.597. The summed E-state index contributed by atoms with van der Waals surface area (Å²) in [7, 11) is 0. The van der Waals surface area contributed by atoms with Crippen LogP contribution in [0.25, 0.3) is 11.3 Å². The molecule has 144 valence electrons. The van der Waals surface area contributed by atoms with Crippen molar-refractivity contribution in [3.05, 3.63) is 70.1 Å². The van der Waals surface area contributed by atoms with Gasteiger partial charge in [0.25, 0.3) is 0 Å². The van der Waals surface area contributed by atoms with Gasteiger partial charge in [-0.3, -0.25) is 9.67 Å². The number of halogens is 1. The van der Waals surface area contributed by atoms with Crippen molar-refractivity contribution in [3.63, 3.8) is 0 Å². The number of fused-ring (bicyclic) bond motifs is 3. The maximum Gasteiger partial charge on any atom is 0.354 e. The molecule has 0 atom stereocenters. The molecule has 4 rings (SSSR count). The summed E-state index contributed by atoms with van der Waals surface area (Å²) in [6.45, 7) is 2.04. The maximum atomic E-state index is 11.9. The van der Waals surface area contributed by atoms with E-state index in [0.717, 1.165) is 58.9 Å². The van der Waals surface area contributed by atoms with Crippen LogP contribution in [0.3, 0.4) is 0 Å².